The van der Waals surface area contributed by atoms with E-state index in [9.17, 15) is 4.79 Å². The Morgan fingerprint density at radius 1 is 1.19 bits per heavy atom. The molecule has 0 unspecified atom stereocenters. The van der Waals surface area contributed by atoms with E-state index in [2.05, 4.69) is 28.9 Å². The number of piperidine rings is 1. The second-order valence-corrected chi connectivity index (χ2v) is 8.54. The molecular formula is C20H28N4O2S. The Morgan fingerprint density at radius 3 is 2.41 bits per heavy atom. The molecule has 2 aromatic rings. The maximum Gasteiger partial charge on any atom is 0.236 e. The summed E-state index contributed by atoms with van der Waals surface area (Å²) in [5.74, 6) is 1.77. The minimum absolute atomic E-state index is 0.189. The zero-order chi connectivity index (χ0) is 19.6. The minimum atomic E-state index is -0.195. The number of rotatable bonds is 5. The lowest BCUT2D eigenvalue weighted by Crippen LogP contribution is -2.50. The highest BCUT2D eigenvalue weighted by Gasteiger charge is 2.32. The van der Waals surface area contributed by atoms with Gasteiger partial charge < -0.3 is 14.2 Å². The van der Waals surface area contributed by atoms with Crippen molar-refractivity contribution in [3.63, 3.8) is 0 Å². The highest BCUT2D eigenvalue weighted by molar-refractivity contribution is 8.00. The van der Waals surface area contributed by atoms with E-state index in [1.54, 1.807) is 7.11 Å². The third kappa shape index (κ3) is 4.13. The Kier molecular flexibility index (Phi) is 6.09. The molecule has 1 aliphatic heterocycles. The third-order valence-corrected chi connectivity index (χ3v) is 6.38. The molecule has 146 valence electrons. The molecule has 0 spiro atoms. The number of thioether (sulfide) groups is 1. The first kappa shape index (κ1) is 19.7. The number of methoxy groups -OCH3 is 1. The molecule has 3 atom stereocenters. The topological polar surface area (TPSA) is 60.3 Å². The van der Waals surface area contributed by atoms with Crippen molar-refractivity contribution in [2.24, 2.45) is 7.05 Å². The molecule has 0 N–H and O–H groups in total. The van der Waals surface area contributed by atoms with E-state index in [-0.39, 0.29) is 11.2 Å². The van der Waals surface area contributed by atoms with Gasteiger partial charge in [0.1, 0.15) is 5.75 Å². The summed E-state index contributed by atoms with van der Waals surface area (Å²) in [5, 5.41) is 9.19. The summed E-state index contributed by atoms with van der Waals surface area (Å²) in [4.78, 5) is 15.1. The van der Waals surface area contributed by atoms with E-state index in [0.29, 0.717) is 12.1 Å². The minimum Gasteiger partial charge on any atom is -0.497 e. The SMILES string of the molecule is COc1ccc(-c2nnc(S[C@H](C)C(=O)N3[C@H](C)CCC[C@H]3C)n2C)cc1. The number of carbonyl (C=O) groups excluding carboxylic acids is 1. The van der Waals surface area contributed by atoms with Crippen molar-refractivity contribution >= 4 is 17.7 Å². The van der Waals surface area contributed by atoms with Crippen LogP contribution in [0.5, 0.6) is 5.75 Å². The summed E-state index contributed by atoms with van der Waals surface area (Å²) in [7, 11) is 3.58. The maximum atomic E-state index is 13.0. The third-order valence-electron chi connectivity index (χ3n) is 5.26. The average Bonchev–Trinajstić information content (AvgIpc) is 3.02. The molecule has 1 aromatic carbocycles. The Bertz CT molecular complexity index is 780. The number of likely N-dealkylation sites (tertiary alicyclic amines) is 1. The Balaban J connectivity index is 1.73. The number of aromatic nitrogens is 3. The molecule has 0 saturated carbocycles. The summed E-state index contributed by atoms with van der Waals surface area (Å²) in [5.41, 5.74) is 0.968. The number of hydrogen-bond donors (Lipinski definition) is 0. The summed E-state index contributed by atoms with van der Waals surface area (Å²) in [6.07, 6.45) is 3.36. The van der Waals surface area contributed by atoms with Crippen molar-refractivity contribution in [2.45, 2.75) is 62.5 Å². The van der Waals surface area contributed by atoms with E-state index < -0.39 is 0 Å². The van der Waals surface area contributed by atoms with Gasteiger partial charge in [0.15, 0.2) is 11.0 Å². The van der Waals surface area contributed by atoms with Crippen molar-refractivity contribution < 1.29 is 9.53 Å². The van der Waals surface area contributed by atoms with Gasteiger partial charge in [-0.1, -0.05) is 11.8 Å². The Labute approximate surface area is 165 Å². The monoisotopic (exact) mass is 388 g/mol. The van der Waals surface area contributed by atoms with Crippen LogP contribution in [-0.2, 0) is 11.8 Å². The lowest BCUT2D eigenvalue weighted by atomic mass is 9.97. The van der Waals surface area contributed by atoms with E-state index in [0.717, 1.165) is 35.1 Å². The second kappa shape index (κ2) is 8.33. The van der Waals surface area contributed by atoms with Crippen LogP contribution in [0.4, 0.5) is 0 Å². The molecule has 3 rings (SSSR count). The highest BCUT2D eigenvalue weighted by atomic mass is 32.2. The standard InChI is InChI=1S/C20H28N4O2S/c1-13-7-6-8-14(2)24(13)19(25)15(3)27-20-22-21-18(23(20)4)16-9-11-17(26-5)12-10-16/h9-15H,6-8H2,1-5H3/t13-,14-,15-/m1/s1. The van der Waals surface area contributed by atoms with Crippen molar-refractivity contribution in [3.8, 4) is 17.1 Å². The zero-order valence-electron chi connectivity index (χ0n) is 16.7. The van der Waals surface area contributed by atoms with Crippen molar-refractivity contribution in [1.82, 2.24) is 19.7 Å². The number of benzene rings is 1. The molecule has 0 aliphatic carbocycles. The normalized spacial score (nSPS) is 21.1. The zero-order valence-corrected chi connectivity index (χ0v) is 17.5. The van der Waals surface area contributed by atoms with Gasteiger partial charge in [-0.15, -0.1) is 10.2 Å². The predicted octanol–water partition coefficient (Wildman–Crippen LogP) is 3.76. The van der Waals surface area contributed by atoms with Gasteiger partial charge in [-0.25, -0.2) is 0 Å². The van der Waals surface area contributed by atoms with Crippen LogP contribution < -0.4 is 4.74 Å². The first-order chi connectivity index (χ1) is 12.9. The van der Waals surface area contributed by atoms with E-state index in [1.807, 2.05) is 42.8 Å². The van der Waals surface area contributed by atoms with Gasteiger partial charge in [-0.05, 0) is 64.3 Å². The van der Waals surface area contributed by atoms with Crippen LogP contribution in [0.3, 0.4) is 0 Å². The molecule has 0 radical (unpaired) electrons. The van der Waals surface area contributed by atoms with Crippen LogP contribution in [-0.4, -0.2) is 50.0 Å². The summed E-state index contributed by atoms with van der Waals surface area (Å²) < 4.78 is 7.15. The van der Waals surface area contributed by atoms with Gasteiger partial charge in [-0.2, -0.15) is 0 Å². The van der Waals surface area contributed by atoms with E-state index >= 15 is 0 Å². The predicted molar refractivity (Wildman–Crippen MR) is 108 cm³/mol. The van der Waals surface area contributed by atoms with Gasteiger partial charge in [-0.3, -0.25) is 4.79 Å². The number of nitrogens with zero attached hydrogens (tertiary/aromatic N) is 4. The first-order valence-electron chi connectivity index (χ1n) is 9.45. The van der Waals surface area contributed by atoms with Gasteiger partial charge in [0.2, 0.25) is 5.91 Å². The van der Waals surface area contributed by atoms with Gasteiger partial charge >= 0.3 is 0 Å². The summed E-state index contributed by atoms with van der Waals surface area (Å²) in [6.45, 7) is 6.26. The number of ether oxygens (including phenoxy) is 1. The Hall–Kier alpha value is -2.02. The molecule has 1 saturated heterocycles. The molecule has 2 heterocycles. The van der Waals surface area contributed by atoms with Crippen molar-refractivity contribution in [2.75, 3.05) is 7.11 Å². The summed E-state index contributed by atoms with van der Waals surface area (Å²) >= 11 is 1.47. The van der Waals surface area contributed by atoms with Gasteiger partial charge in [0.25, 0.3) is 0 Å². The number of amides is 1. The fourth-order valence-electron chi connectivity index (χ4n) is 3.68. The fourth-order valence-corrected chi connectivity index (χ4v) is 4.55. The number of carbonyl (C=O) groups is 1. The molecular weight excluding hydrogens is 360 g/mol. The molecule has 0 bridgehead atoms. The second-order valence-electron chi connectivity index (χ2n) is 7.23. The van der Waals surface area contributed by atoms with Crippen molar-refractivity contribution in [3.05, 3.63) is 24.3 Å². The number of hydrogen-bond acceptors (Lipinski definition) is 5. The lowest BCUT2D eigenvalue weighted by Gasteiger charge is -2.40. The first-order valence-corrected chi connectivity index (χ1v) is 10.3. The highest BCUT2D eigenvalue weighted by Crippen LogP contribution is 2.30. The molecule has 1 aromatic heterocycles. The Morgan fingerprint density at radius 2 is 1.81 bits per heavy atom. The van der Waals surface area contributed by atoms with E-state index in [1.165, 1.54) is 18.2 Å². The van der Waals surface area contributed by atoms with Crippen LogP contribution in [0, 0.1) is 0 Å². The lowest BCUT2D eigenvalue weighted by molar-refractivity contribution is -0.136. The van der Waals surface area contributed by atoms with Gasteiger partial charge in [0.05, 0.1) is 12.4 Å². The van der Waals surface area contributed by atoms with Crippen LogP contribution >= 0.6 is 11.8 Å². The van der Waals surface area contributed by atoms with E-state index in [4.69, 9.17) is 4.74 Å². The molecule has 1 fully saturated rings. The molecule has 27 heavy (non-hydrogen) atoms. The molecule has 1 amide bonds. The van der Waals surface area contributed by atoms with Crippen LogP contribution in [0.2, 0.25) is 0 Å². The van der Waals surface area contributed by atoms with Crippen LogP contribution in [0.25, 0.3) is 11.4 Å². The average molecular weight is 389 g/mol. The largest absolute Gasteiger partial charge is 0.497 e. The molecule has 7 heteroatoms. The smallest absolute Gasteiger partial charge is 0.236 e. The quantitative estimate of drug-likeness (QED) is 0.730. The molecule has 1 aliphatic rings. The summed E-state index contributed by atoms with van der Waals surface area (Å²) in [6, 6.07) is 8.34. The maximum absolute atomic E-state index is 13.0. The molecule has 6 nitrogen and oxygen atoms in total. The van der Waals surface area contributed by atoms with Crippen molar-refractivity contribution in [1.29, 1.82) is 0 Å². The van der Waals surface area contributed by atoms with Gasteiger partial charge in [0, 0.05) is 24.7 Å². The van der Waals surface area contributed by atoms with Crippen LogP contribution in [0.15, 0.2) is 29.4 Å². The fraction of sp³-hybridized carbons (Fsp3) is 0.550. The van der Waals surface area contributed by atoms with Crippen LogP contribution in [0.1, 0.15) is 40.0 Å².